The average molecular weight is 445 g/mol. The van der Waals surface area contributed by atoms with Gasteiger partial charge in [-0.2, -0.15) is 0 Å². The molecule has 7 heteroatoms. The molecule has 0 radical (unpaired) electrons. The van der Waals surface area contributed by atoms with Crippen LogP contribution in [0.15, 0.2) is 46.7 Å². The quantitative estimate of drug-likeness (QED) is 0.539. The summed E-state index contributed by atoms with van der Waals surface area (Å²) in [5, 5.41) is 7.09. The first kappa shape index (κ1) is 20.4. The highest BCUT2D eigenvalue weighted by molar-refractivity contribution is 7.12. The minimum atomic E-state index is 0.0908. The maximum atomic E-state index is 6.10. The van der Waals surface area contributed by atoms with Gasteiger partial charge < -0.3 is 10.6 Å². The number of hydrogen-bond donors (Lipinski definition) is 2. The Morgan fingerprint density at radius 2 is 1.90 bits per heavy atom. The van der Waals surface area contributed by atoms with Crippen molar-refractivity contribution in [2.24, 2.45) is 9.98 Å². The van der Waals surface area contributed by atoms with Gasteiger partial charge in [0.25, 0.3) is 0 Å². The summed E-state index contributed by atoms with van der Waals surface area (Å²) in [5.41, 5.74) is 2.69. The van der Waals surface area contributed by atoms with E-state index in [2.05, 4.69) is 65.7 Å². The molecule has 2 aromatic heterocycles. The van der Waals surface area contributed by atoms with E-state index in [-0.39, 0.29) is 12.1 Å². The molecular weight excluding hydrogens is 420 g/mol. The maximum absolute atomic E-state index is 6.10. The van der Waals surface area contributed by atoms with E-state index < -0.39 is 0 Å². The normalized spacial score (nSPS) is 21.6. The van der Waals surface area contributed by atoms with Crippen LogP contribution in [0.5, 0.6) is 0 Å². The van der Waals surface area contributed by atoms with Gasteiger partial charge in [-0.05, 0) is 72.7 Å². The first-order valence-electron chi connectivity index (χ1n) is 9.87. The summed E-state index contributed by atoms with van der Waals surface area (Å²) in [4.78, 5) is 13.9. The van der Waals surface area contributed by atoms with Crippen LogP contribution in [0.1, 0.15) is 62.5 Å². The smallest absolute Gasteiger partial charge is 0.196 e. The van der Waals surface area contributed by atoms with Gasteiger partial charge in [0.15, 0.2) is 5.29 Å². The molecule has 0 spiro atoms. The fraction of sp³-hybridized carbons (Fsp3) is 0.364. The molecule has 4 rings (SSSR count). The van der Waals surface area contributed by atoms with E-state index in [4.69, 9.17) is 11.6 Å². The molecule has 2 aliphatic rings. The zero-order chi connectivity index (χ0) is 20.4. The zero-order valence-electron chi connectivity index (χ0n) is 16.8. The summed E-state index contributed by atoms with van der Waals surface area (Å²) in [7, 11) is 0. The van der Waals surface area contributed by atoms with Crippen LogP contribution in [-0.4, -0.2) is 11.6 Å². The van der Waals surface area contributed by atoms with E-state index in [9.17, 15) is 0 Å². The van der Waals surface area contributed by atoms with Gasteiger partial charge in [-0.15, -0.1) is 22.7 Å². The van der Waals surface area contributed by atoms with Crippen LogP contribution in [-0.2, 0) is 12.8 Å². The predicted molar refractivity (Wildman–Crippen MR) is 127 cm³/mol. The molecule has 152 valence electrons. The molecule has 0 aromatic carbocycles. The van der Waals surface area contributed by atoms with Crippen LogP contribution in [0, 0.1) is 6.92 Å². The second-order valence-corrected chi connectivity index (χ2v) is 10.2. The number of aliphatic imine (C=N–C) groups is 2. The van der Waals surface area contributed by atoms with Crippen LogP contribution in [0.2, 0.25) is 0 Å². The SMILES string of the molecule is CCc1sc(C(C)Cc2sc(C)cc2C2C=CN=C(Cl)N2)cc1C1C=CN=CN1. The third-order valence-corrected chi connectivity index (χ3v) is 8.05. The van der Waals surface area contributed by atoms with Crippen molar-refractivity contribution in [1.82, 2.24) is 10.6 Å². The largest absolute Gasteiger partial charge is 0.366 e. The molecule has 0 saturated carbocycles. The van der Waals surface area contributed by atoms with Gasteiger partial charge in [0.05, 0.1) is 18.4 Å². The minimum absolute atomic E-state index is 0.0908. The molecule has 3 atom stereocenters. The Morgan fingerprint density at radius 3 is 2.62 bits per heavy atom. The van der Waals surface area contributed by atoms with E-state index in [1.54, 1.807) is 12.5 Å². The number of aryl methyl sites for hydroxylation is 2. The lowest BCUT2D eigenvalue weighted by atomic mass is 9.97. The van der Waals surface area contributed by atoms with Crippen LogP contribution >= 0.6 is 34.3 Å². The Bertz CT molecular complexity index is 999. The summed E-state index contributed by atoms with van der Waals surface area (Å²) in [6, 6.07) is 4.97. The lowest BCUT2D eigenvalue weighted by Gasteiger charge is -2.19. The monoisotopic (exact) mass is 444 g/mol. The molecule has 0 aliphatic carbocycles. The van der Waals surface area contributed by atoms with Gasteiger partial charge in [-0.3, -0.25) is 0 Å². The van der Waals surface area contributed by atoms with Crippen molar-refractivity contribution >= 4 is 45.9 Å². The Hall–Kier alpha value is -1.89. The van der Waals surface area contributed by atoms with Crippen LogP contribution < -0.4 is 10.6 Å². The van der Waals surface area contributed by atoms with E-state index in [1.807, 2.05) is 28.9 Å². The molecular formula is C22H25ClN4S2. The fourth-order valence-corrected chi connectivity index (χ4v) is 6.36. The molecule has 0 amide bonds. The lowest BCUT2D eigenvalue weighted by molar-refractivity contribution is 0.738. The van der Waals surface area contributed by atoms with Gasteiger partial charge in [0.2, 0.25) is 0 Å². The Morgan fingerprint density at radius 1 is 1.10 bits per heavy atom. The molecule has 2 aromatic rings. The highest BCUT2D eigenvalue weighted by Gasteiger charge is 2.23. The van der Waals surface area contributed by atoms with Crippen LogP contribution in [0.3, 0.4) is 0 Å². The second-order valence-electron chi connectivity index (χ2n) is 7.37. The number of nitrogens with zero attached hydrogens (tertiary/aromatic N) is 2. The van der Waals surface area contributed by atoms with Crippen molar-refractivity contribution in [3.63, 3.8) is 0 Å². The molecule has 3 unspecified atom stereocenters. The Kier molecular flexibility index (Phi) is 6.23. The van der Waals surface area contributed by atoms with Crippen molar-refractivity contribution in [3.8, 4) is 0 Å². The predicted octanol–water partition coefficient (Wildman–Crippen LogP) is 5.97. The highest BCUT2D eigenvalue weighted by Crippen LogP contribution is 2.38. The number of halogens is 1. The molecule has 2 N–H and O–H groups in total. The van der Waals surface area contributed by atoms with E-state index in [1.165, 1.54) is 30.6 Å². The van der Waals surface area contributed by atoms with Gasteiger partial charge in [0.1, 0.15) is 0 Å². The van der Waals surface area contributed by atoms with E-state index in [0.29, 0.717) is 11.2 Å². The van der Waals surface area contributed by atoms with E-state index in [0.717, 1.165) is 12.8 Å². The zero-order valence-corrected chi connectivity index (χ0v) is 19.2. The van der Waals surface area contributed by atoms with Crippen molar-refractivity contribution < 1.29 is 0 Å². The van der Waals surface area contributed by atoms with E-state index >= 15 is 0 Å². The molecule has 0 bridgehead atoms. The number of hydrogen-bond acceptors (Lipinski definition) is 6. The minimum Gasteiger partial charge on any atom is -0.366 e. The summed E-state index contributed by atoms with van der Waals surface area (Å²) < 4.78 is 0. The Balaban J connectivity index is 1.56. The summed E-state index contributed by atoms with van der Waals surface area (Å²) in [6.07, 6.45) is 11.7. The standard InChI is InChI=1S/C22H25ClN4S2/c1-4-19-16(17-5-7-24-12-26-17)11-20(29-19)13(2)9-21-15(10-14(3)28-21)18-6-8-25-22(23)27-18/h5-8,10-13,17-18H,4,9H2,1-3H3,(H,24,26)(H,25,27). The van der Waals surface area contributed by atoms with Gasteiger partial charge in [-0.1, -0.05) is 13.8 Å². The first-order chi connectivity index (χ1) is 14.0. The fourth-order valence-electron chi connectivity index (χ4n) is 3.77. The molecule has 0 fully saturated rings. The van der Waals surface area contributed by atoms with Crippen LogP contribution in [0.4, 0.5) is 0 Å². The highest BCUT2D eigenvalue weighted by atomic mass is 35.5. The van der Waals surface area contributed by atoms with Crippen LogP contribution in [0.25, 0.3) is 0 Å². The number of thiophene rings is 2. The van der Waals surface area contributed by atoms with Crippen molar-refractivity contribution in [2.75, 3.05) is 0 Å². The third kappa shape index (κ3) is 4.49. The van der Waals surface area contributed by atoms with Crippen molar-refractivity contribution in [3.05, 3.63) is 67.3 Å². The number of amidine groups is 1. The maximum Gasteiger partial charge on any atom is 0.196 e. The topological polar surface area (TPSA) is 48.8 Å². The number of nitrogens with one attached hydrogen (secondary N) is 2. The lowest BCUT2D eigenvalue weighted by Crippen LogP contribution is -2.25. The second kappa shape index (κ2) is 8.86. The number of rotatable bonds is 6. The summed E-state index contributed by atoms with van der Waals surface area (Å²) in [6.45, 7) is 6.74. The van der Waals surface area contributed by atoms with Gasteiger partial charge in [0, 0.05) is 31.9 Å². The summed E-state index contributed by atoms with van der Waals surface area (Å²) >= 11 is 9.93. The van der Waals surface area contributed by atoms with Gasteiger partial charge >= 0.3 is 0 Å². The molecule has 4 heterocycles. The first-order valence-corrected chi connectivity index (χ1v) is 11.9. The Labute approximate surface area is 185 Å². The molecule has 0 saturated heterocycles. The van der Waals surface area contributed by atoms with Gasteiger partial charge in [-0.25, -0.2) is 9.98 Å². The molecule has 29 heavy (non-hydrogen) atoms. The summed E-state index contributed by atoms with van der Waals surface area (Å²) in [5.74, 6) is 0.453. The third-order valence-electron chi connectivity index (χ3n) is 5.23. The van der Waals surface area contributed by atoms with Crippen molar-refractivity contribution in [2.45, 2.75) is 51.6 Å². The van der Waals surface area contributed by atoms with Crippen molar-refractivity contribution in [1.29, 1.82) is 0 Å². The average Bonchev–Trinajstić information content (AvgIpc) is 3.32. The molecule has 2 aliphatic heterocycles. The molecule has 4 nitrogen and oxygen atoms in total.